The number of hydrogen-bond acceptors (Lipinski definition) is 7. The molecule has 1 unspecified atom stereocenters. The SMILES string of the molecule is C/C(N)=C/C=C(\N)CNC(=O)c1cc(OC2CCOC2)cc(-c2ncc(C(C)C)s2)c1. The van der Waals surface area contributed by atoms with Gasteiger partial charge in [-0.05, 0) is 43.2 Å². The average Bonchev–Trinajstić information content (AvgIpc) is 3.42. The highest BCUT2D eigenvalue weighted by Gasteiger charge is 2.19. The van der Waals surface area contributed by atoms with E-state index in [0.717, 1.165) is 17.0 Å². The smallest absolute Gasteiger partial charge is 0.251 e. The second-order valence-electron chi connectivity index (χ2n) is 7.91. The number of aromatic nitrogens is 1. The first kappa shape index (κ1) is 22.8. The fourth-order valence-electron chi connectivity index (χ4n) is 2.99. The van der Waals surface area contributed by atoms with E-state index in [2.05, 4.69) is 24.1 Å². The van der Waals surface area contributed by atoms with E-state index in [9.17, 15) is 4.79 Å². The Morgan fingerprint density at radius 2 is 2.16 bits per heavy atom. The predicted octanol–water partition coefficient (Wildman–Crippen LogP) is 3.54. The fraction of sp³-hybridized carbons (Fsp3) is 0.391. The maximum atomic E-state index is 12.8. The van der Waals surface area contributed by atoms with Crippen LogP contribution in [0.5, 0.6) is 5.75 Å². The molecule has 1 aliphatic rings. The van der Waals surface area contributed by atoms with E-state index in [1.165, 1.54) is 4.88 Å². The van der Waals surface area contributed by atoms with Gasteiger partial charge in [0.25, 0.3) is 5.91 Å². The molecule has 2 heterocycles. The van der Waals surface area contributed by atoms with E-state index in [1.807, 2.05) is 18.3 Å². The Hall–Kier alpha value is -2.84. The molecule has 1 aromatic heterocycles. The number of nitrogens with two attached hydrogens (primary N) is 2. The maximum Gasteiger partial charge on any atom is 0.251 e. The zero-order valence-electron chi connectivity index (χ0n) is 18.2. The average molecular weight is 443 g/mol. The number of thiazole rings is 1. The number of benzene rings is 1. The van der Waals surface area contributed by atoms with Gasteiger partial charge in [0, 0.05) is 40.0 Å². The van der Waals surface area contributed by atoms with Gasteiger partial charge in [-0.15, -0.1) is 11.3 Å². The van der Waals surface area contributed by atoms with Crippen molar-refractivity contribution in [2.75, 3.05) is 19.8 Å². The van der Waals surface area contributed by atoms with Gasteiger partial charge >= 0.3 is 0 Å². The van der Waals surface area contributed by atoms with Crippen LogP contribution in [0.2, 0.25) is 0 Å². The van der Waals surface area contributed by atoms with Crippen LogP contribution < -0.4 is 21.5 Å². The van der Waals surface area contributed by atoms with Crippen molar-refractivity contribution in [2.24, 2.45) is 11.5 Å². The van der Waals surface area contributed by atoms with Crippen molar-refractivity contribution in [3.63, 3.8) is 0 Å². The first-order valence-corrected chi connectivity index (χ1v) is 11.2. The Labute approximate surface area is 187 Å². The molecular weight excluding hydrogens is 412 g/mol. The van der Waals surface area contributed by atoms with Crippen LogP contribution in [0.4, 0.5) is 0 Å². The van der Waals surface area contributed by atoms with Gasteiger partial charge < -0.3 is 26.3 Å². The highest BCUT2D eigenvalue weighted by molar-refractivity contribution is 7.15. The van der Waals surface area contributed by atoms with Crippen LogP contribution in [0.25, 0.3) is 10.6 Å². The minimum Gasteiger partial charge on any atom is -0.488 e. The van der Waals surface area contributed by atoms with Crippen LogP contribution in [-0.4, -0.2) is 36.8 Å². The Balaban J connectivity index is 1.84. The number of nitrogens with zero attached hydrogens (tertiary/aromatic N) is 1. The molecule has 3 rings (SSSR count). The third-order valence-corrected chi connectivity index (χ3v) is 6.06. The standard InChI is InChI=1S/C23H30N4O3S/c1-14(2)21-12-27-23(31-21)17-8-16(9-20(10-17)30-19-6-7-29-13-19)22(28)26-11-18(25)5-4-15(3)24/h4-5,8-10,12,14,19H,6-7,11,13,24-25H2,1-3H3,(H,26,28)/b15-4-,18-5-. The van der Waals surface area contributed by atoms with Crippen molar-refractivity contribution < 1.29 is 14.3 Å². The topological polar surface area (TPSA) is 112 Å². The van der Waals surface area contributed by atoms with Gasteiger partial charge in [0.1, 0.15) is 16.9 Å². The van der Waals surface area contributed by atoms with E-state index in [4.69, 9.17) is 20.9 Å². The molecule has 0 spiro atoms. The highest BCUT2D eigenvalue weighted by Crippen LogP contribution is 2.33. The van der Waals surface area contributed by atoms with Gasteiger partial charge in [0.15, 0.2) is 0 Å². The summed E-state index contributed by atoms with van der Waals surface area (Å²) in [6.45, 7) is 7.49. The summed E-state index contributed by atoms with van der Waals surface area (Å²) in [6, 6.07) is 5.51. The van der Waals surface area contributed by atoms with Crippen LogP contribution in [-0.2, 0) is 4.74 Å². The van der Waals surface area contributed by atoms with Crippen molar-refractivity contribution >= 4 is 17.2 Å². The quantitative estimate of drug-likeness (QED) is 0.539. The Kier molecular flexibility index (Phi) is 7.70. The third kappa shape index (κ3) is 6.57. The minimum absolute atomic E-state index is 0.0152. The summed E-state index contributed by atoms with van der Waals surface area (Å²) in [5.41, 5.74) is 14.0. The Morgan fingerprint density at radius 3 is 2.81 bits per heavy atom. The highest BCUT2D eigenvalue weighted by atomic mass is 32.1. The van der Waals surface area contributed by atoms with E-state index < -0.39 is 0 Å². The lowest BCUT2D eigenvalue weighted by Crippen LogP contribution is -2.28. The number of nitrogens with one attached hydrogen (secondary N) is 1. The van der Waals surface area contributed by atoms with Gasteiger partial charge in [-0.3, -0.25) is 4.79 Å². The third-order valence-electron chi connectivity index (χ3n) is 4.71. The van der Waals surface area contributed by atoms with Crippen molar-refractivity contribution in [1.82, 2.24) is 10.3 Å². The summed E-state index contributed by atoms with van der Waals surface area (Å²) < 4.78 is 11.5. The van der Waals surface area contributed by atoms with Crippen LogP contribution in [0, 0.1) is 0 Å². The molecule has 2 aromatic rings. The molecule has 0 saturated carbocycles. The molecule has 1 aliphatic heterocycles. The lowest BCUT2D eigenvalue weighted by molar-refractivity contribution is 0.0955. The summed E-state index contributed by atoms with van der Waals surface area (Å²) >= 11 is 1.62. The largest absolute Gasteiger partial charge is 0.488 e. The molecule has 5 N–H and O–H groups in total. The zero-order chi connectivity index (χ0) is 22.4. The first-order chi connectivity index (χ1) is 14.8. The molecule has 8 heteroatoms. The van der Waals surface area contributed by atoms with E-state index in [0.29, 0.717) is 41.8 Å². The Bertz CT molecular complexity index is 971. The van der Waals surface area contributed by atoms with E-state index in [1.54, 1.807) is 36.5 Å². The van der Waals surface area contributed by atoms with Crippen LogP contribution in [0.15, 0.2) is 47.9 Å². The van der Waals surface area contributed by atoms with Gasteiger partial charge in [-0.2, -0.15) is 0 Å². The summed E-state index contributed by atoms with van der Waals surface area (Å²) in [5, 5.41) is 3.70. The summed E-state index contributed by atoms with van der Waals surface area (Å²) in [6.07, 6.45) is 6.09. The van der Waals surface area contributed by atoms with Gasteiger partial charge in [-0.1, -0.05) is 13.8 Å². The summed E-state index contributed by atoms with van der Waals surface area (Å²) in [7, 11) is 0. The molecular formula is C23H30N4O3S. The molecule has 1 fully saturated rings. The fourth-order valence-corrected chi connectivity index (χ4v) is 3.89. The molecule has 31 heavy (non-hydrogen) atoms. The molecule has 166 valence electrons. The molecule has 7 nitrogen and oxygen atoms in total. The van der Waals surface area contributed by atoms with Crippen molar-refractivity contribution in [3.05, 3.63) is 58.4 Å². The predicted molar refractivity (Wildman–Crippen MR) is 124 cm³/mol. The number of rotatable bonds is 8. The number of carbonyl (C=O) groups is 1. The lowest BCUT2D eigenvalue weighted by atomic mass is 10.1. The molecule has 1 saturated heterocycles. The molecule has 0 aliphatic carbocycles. The van der Waals surface area contributed by atoms with Crippen LogP contribution >= 0.6 is 11.3 Å². The van der Waals surface area contributed by atoms with Crippen molar-refractivity contribution in [1.29, 1.82) is 0 Å². The van der Waals surface area contributed by atoms with Crippen molar-refractivity contribution in [3.8, 4) is 16.3 Å². The number of hydrogen-bond donors (Lipinski definition) is 3. The van der Waals surface area contributed by atoms with Crippen LogP contribution in [0.1, 0.15) is 48.3 Å². The number of amides is 1. The summed E-state index contributed by atoms with van der Waals surface area (Å²) in [5.74, 6) is 0.787. The molecule has 0 bridgehead atoms. The van der Waals surface area contributed by atoms with Crippen LogP contribution in [0.3, 0.4) is 0 Å². The van der Waals surface area contributed by atoms with Crippen molar-refractivity contribution in [2.45, 2.75) is 39.2 Å². The van der Waals surface area contributed by atoms with E-state index in [-0.39, 0.29) is 18.6 Å². The number of carbonyl (C=O) groups excluding carboxylic acids is 1. The second kappa shape index (κ2) is 10.5. The number of ether oxygens (including phenoxy) is 2. The zero-order valence-corrected chi connectivity index (χ0v) is 19.0. The monoisotopic (exact) mass is 442 g/mol. The van der Waals surface area contributed by atoms with Gasteiger partial charge in [-0.25, -0.2) is 4.98 Å². The second-order valence-corrected chi connectivity index (χ2v) is 8.97. The molecule has 1 amide bonds. The molecule has 1 aromatic carbocycles. The lowest BCUT2D eigenvalue weighted by Gasteiger charge is -2.14. The summed E-state index contributed by atoms with van der Waals surface area (Å²) in [4.78, 5) is 18.6. The van der Waals surface area contributed by atoms with Gasteiger partial charge in [0.2, 0.25) is 0 Å². The first-order valence-electron chi connectivity index (χ1n) is 10.3. The number of allylic oxidation sites excluding steroid dienone is 3. The van der Waals surface area contributed by atoms with Gasteiger partial charge in [0.05, 0.1) is 19.8 Å². The molecule has 0 radical (unpaired) electrons. The molecule has 1 atom stereocenters. The minimum atomic E-state index is -0.236. The Morgan fingerprint density at radius 1 is 1.35 bits per heavy atom. The maximum absolute atomic E-state index is 12.8. The normalized spacial score (nSPS) is 17.2. The van der Waals surface area contributed by atoms with E-state index >= 15 is 0 Å².